The summed E-state index contributed by atoms with van der Waals surface area (Å²) >= 11 is 0. The Morgan fingerprint density at radius 3 is 2.36 bits per heavy atom. The summed E-state index contributed by atoms with van der Waals surface area (Å²) in [5.41, 5.74) is 0. The second-order valence-electron chi connectivity index (χ2n) is 3.16. The normalized spacial score (nSPS) is 15.4. The van der Waals surface area contributed by atoms with E-state index in [1.807, 2.05) is 12.3 Å². The molecule has 0 N–H and O–H groups in total. The highest BCUT2D eigenvalue weighted by atomic mass is 14.7. The SMILES string of the molecule is CCC(C)/C=C\C=NC(C)C. The lowest BCUT2D eigenvalue weighted by Gasteiger charge is -1.97. The van der Waals surface area contributed by atoms with Crippen LogP contribution in [0.5, 0.6) is 0 Å². The van der Waals surface area contributed by atoms with Gasteiger partial charge in [0.1, 0.15) is 0 Å². The van der Waals surface area contributed by atoms with E-state index in [4.69, 9.17) is 0 Å². The molecule has 0 heterocycles. The quantitative estimate of drug-likeness (QED) is 0.550. The topological polar surface area (TPSA) is 12.4 Å². The molecule has 0 spiro atoms. The third-order valence-electron chi connectivity index (χ3n) is 1.55. The molecule has 0 aromatic heterocycles. The van der Waals surface area contributed by atoms with Crippen LogP contribution < -0.4 is 0 Å². The van der Waals surface area contributed by atoms with Crippen LogP contribution in [-0.4, -0.2) is 12.3 Å². The van der Waals surface area contributed by atoms with Crippen LogP contribution in [0.3, 0.4) is 0 Å². The number of hydrogen-bond acceptors (Lipinski definition) is 1. The first-order valence-corrected chi connectivity index (χ1v) is 4.36. The summed E-state index contributed by atoms with van der Waals surface area (Å²) in [6.45, 7) is 8.55. The summed E-state index contributed by atoms with van der Waals surface area (Å²) in [5, 5.41) is 0. The summed E-state index contributed by atoms with van der Waals surface area (Å²) in [7, 11) is 0. The predicted molar refractivity (Wildman–Crippen MR) is 52.2 cm³/mol. The molecule has 0 amide bonds. The summed E-state index contributed by atoms with van der Waals surface area (Å²) in [6.07, 6.45) is 7.31. The maximum absolute atomic E-state index is 4.22. The van der Waals surface area contributed by atoms with Crippen molar-refractivity contribution in [1.29, 1.82) is 0 Å². The van der Waals surface area contributed by atoms with Crippen molar-refractivity contribution in [2.45, 2.75) is 40.2 Å². The average molecular weight is 153 g/mol. The zero-order valence-corrected chi connectivity index (χ0v) is 8.04. The lowest BCUT2D eigenvalue weighted by molar-refractivity contribution is 0.699. The second-order valence-corrected chi connectivity index (χ2v) is 3.16. The van der Waals surface area contributed by atoms with Crippen molar-refractivity contribution in [3.05, 3.63) is 12.2 Å². The van der Waals surface area contributed by atoms with Gasteiger partial charge in [-0.05, 0) is 25.8 Å². The minimum Gasteiger partial charge on any atom is -0.290 e. The van der Waals surface area contributed by atoms with Crippen molar-refractivity contribution in [2.75, 3.05) is 0 Å². The Balaban J connectivity index is 3.59. The van der Waals surface area contributed by atoms with Crippen LogP contribution in [-0.2, 0) is 0 Å². The van der Waals surface area contributed by atoms with Gasteiger partial charge in [-0.2, -0.15) is 0 Å². The van der Waals surface area contributed by atoms with E-state index >= 15 is 0 Å². The van der Waals surface area contributed by atoms with E-state index < -0.39 is 0 Å². The largest absolute Gasteiger partial charge is 0.290 e. The number of aliphatic imine (C=N–C) groups is 1. The lowest BCUT2D eigenvalue weighted by Crippen LogP contribution is -1.88. The van der Waals surface area contributed by atoms with Gasteiger partial charge in [0.25, 0.3) is 0 Å². The molecule has 0 saturated heterocycles. The Bertz CT molecular complexity index is 134. The van der Waals surface area contributed by atoms with E-state index in [-0.39, 0.29) is 0 Å². The van der Waals surface area contributed by atoms with E-state index in [1.165, 1.54) is 6.42 Å². The average Bonchev–Trinajstić information content (AvgIpc) is 1.97. The number of rotatable bonds is 4. The molecule has 64 valence electrons. The Hall–Kier alpha value is -0.590. The molecule has 0 aliphatic carbocycles. The van der Waals surface area contributed by atoms with Crippen LogP contribution in [0.1, 0.15) is 34.1 Å². The highest BCUT2D eigenvalue weighted by Crippen LogP contribution is 2.00. The minimum atomic E-state index is 0.414. The maximum Gasteiger partial charge on any atom is 0.0443 e. The molecular weight excluding hydrogens is 134 g/mol. The number of allylic oxidation sites excluding steroid dienone is 2. The molecule has 0 bridgehead atoms. The lowest BCUT2D eigenvalue weighted by atomic mass is 10.1. The zero-order chi connectivity index (χ0) is 8.69. The summed E-state index contributed by atoms with van der Waals surface area (Å²) in [4.78, 5) is 4.22. The van der Waals surface area contributed by atoms with Crippen molar-refractivity contribution in [3.8, 4) is 0 Å². The van der Waals surface area contributed by atoms with Crippen LogP contribution >= 0.6 is 0 Å². The van der Waals surface area contributed by atoms with Crippen molar-refractivity contribution >= 4 is 6.21 Å². The summed E-state index contributed by atoms with van der Waals surface area (Å²) in [5.74, 6) is 0.675. The Labute approximate surface area is 70.2 Å². The molecule has 0 rings (SSSR count). The Morgan fingerprint density at radius 1 is 1.27 bits per heavy atom. The molecule has 0 radical (unpaired) electrons. The van der Waals surface area contributed by atoms with Crippen molar-refractivity contribution in [1.82, 2.24) is 0 Å². The van der Waals surface area contributed by atoms with Crippen LogP contribution in [0.2, 0.25) is 0 Å². The zero-order valence-electron chi connectivity index (χ0n) is 8.04. The van der Waals surface area contributed by atoms with Crippen molar-refractivity contribution in [3.63, 3.8) is 0 Å². The van der Waals surface area contributed by atoms with Gasteiger partial charge in [-0.1, -0.05) is 26.3 Å². The first-order chi connectivity index (χ1) is 5.16. The van der Waals surface area contributed by atoms with Gasteiger partial charge in [0.05, 0.1) is 0 Å². The monoisotopic (exact) mass is 153 g/mol. The van der Waals surface area contributed by atoms with Gasteiger partial charge in [-0.15, -0.1) is 0 Å². The van der Waals surface area contributed by atoms with E-state index in [0.717, 1.165) is 0 Å². The molecule has 1 nitrogen and oxygen atoms in total. The highest BCUT2D eigenvalue weighted by Gasteiger charge is 1.87. The molecular formula is C10H19N. The Kier molecular flexibility index (Phi) is 5.81. The predicted octanol–water partition coefficient (Wildman–Crippen LogP) is 3.07. The van der Waals surface area contributed by atoms with E-state index in [2.05, 4.69) is 38.8 Å². The summed E-state index contributed by atoms with van der Waals surface area (Å²) < 4.78 is 0. The van der Waals surface area contributed by atoms with E-state index in [1.54, 1.807) is 0 Å². The third-order valence-corrected chi connectivity index (χ3v) is 1.55. The fourth-order valence-electron chi connectivity index (χ4n) is 0.597. The van der Waals surface area contributed by atoms with Crippen molar-refractivity contribution in [2.24, 2.45) is 10.9 Å². The van der Waals surface area contributed by atoms with Gasteiger partial charge in [-0.3, -0.25) is 4.99 Å². The molecule has 1 unspecified atom stereocenters. The standard InChI is InChI=1S/C10H19N/c1-5-10(4)7-6-8-11-9(2)3/h6-10H,5H2,1-4H3/b7-6-,11-8?. The van der Waals surface area contributed by atoms with E-state index in [9.17, 15) is 0 Å². The molecule has 11 heavy (non-hydrogen) atoms. The smallest absolute Gasteiger partial charge is 0.0443 e. The van der Waals surface area contributed by atoms with Crippen LogP contribution in [0.15, 0.2) is 17.1 Å². The van der Waals surface area contributed by atoms with Crippen molar-refractivity contribution < 1.29 is 0 Å². The maximum atomic E-state index is 4.22. The molecule has 0 aromatic rings. The molecule has 0 aliphatic rings. The van der Waals surface area contributed by atoms with Gasteiger partial charge in [0, 0.05) is 12.3 Å². The highest BCUT2D eigenvalue weighted by molar-refractivity contribution is 5.71. The van der Waals surface area contributed by atoms with Gasteiger partial charge in [0.2, 0.25) is 0 Å². The first-order valence-electron chi connectivity index (χ1n) is 4.36. The van der Waals surface area contributed by atoms with Crippen LogP contribution in [0.4, 0.5) is 0 Å². The second kappa shape index (κ2) is 6.14. The molecule has 0 aromatic carbocycles. The third kappa shape index (κ3) is 7.31. The van der Waals surface area contributed by atoms with Gasteiger partial charge in [0.15, 0.2) is 0 Å². The summed E-state index contributed by atoms with van der Waals surface area (Å²) in [6, 6.07) is 0.414. The molecule has 0 fully saturated rings. The van der Waals surface area contributed by atoms with Gasteiger partial charge < -0.3 is 0 Å². The Morgan fingerprint density at radius 2 is 1.91 bits per heavy atom. The molecule has 1 heteroatoms. The number of nitrogens with zero attached hydrogens (tertiary/aromatic N) is 1. The van der Waals surface area contributed by atoms with Crippen LogP contribution in [0, 0.1) is 5.92 Å². The van der Waals surface area contributed by atoms with Gasteiger partial charge >= 0.3 is 0 Å². The van der Waals surface area contributed by atoms with Gasteiger partial charge in [-0.25, -0.2) is 0 Å². The fraction of sp³-hybridized carbons (Fsp3) is 0.700. The van der Waals surface area contributed by atoms with Crippen LogP contribution in [0.25, 0.3) is 0 Å². The fourth-order valence-corrected chi connectivity index (χ4v) is 0.597. The molecule has 0 saturated carbocycles. The minimum absolute atomic E-state index is 0.414. The molecule has 0 aliphatic heterocycles. The molecule has 1 atom stereocenters. The number of hydrogen-bond donors (Lipinski definition) is 0. The first kappa shape index (κ1) is 10.4. The van der Waals surface area contributed by atoms with E-state index in [0.29, 0.717) is 12.0 Å².